The van der Waals surface area contributed by atoms with E-state index in [0.717, 1.165) is 5.56 Å². The number of H-pyrrole nitrogens is 1. The number of ether oxygens (including phenoxy) is 2. The number of methoxy groups -OCH3 is 1. The number of aromatic nitrogens is 2. The highest BCUT2D eigenvalue weighted by atomic mass is 16.5. The van der Waals surface area contributed by atoms with Crippen molar-refractivity contribution in [3.05, 3.63) is 70.1 Å². The van der Waals surface area contributed by atoms with Crippen LogP contribution in [0.15, 0.2) is 53.3 Å². The molecule has 0 unspecified atom stereocenters. The molecular weight excluding hydrogens is 296 g/mol. The number of benzene rings is 2. The van der Waals surface area contributed by atoms with Crippen LogP contribution in [0, 0.1) is 0 Å². The van der Waals surface area contributed by atoms with Gasteiger partial charge in [0, 0.05) is 5.39 Å². The smallest absolute Gasteiger partial charge is 0.359 e. The van der Waals surface area contributed by atoms with Crippen molar-refractivity contribution in [2.24, 2.45) is 0 Å². The molecule has 3 aromatic rings. The van der Waals surface area contributed by atoms with Crippen LogP contribution in [-0.2, 0) is 11.3 Å². The van der Waals surface area contributed by atoms with E-state index in [1.165, 1.54) is 0 Å². The average Bonchev–Trinajstić information content (AvgIpc) is 2.60. The number of carbonyl (C=O) groups excluding carboxylic acids is 1. The lowest BCUT2D eigenvalue weighted by Gasteiger charge is -2.07. The van der Waals surface area contributed by atoms with E-state index >= 15 is 0 Å². The van der Waals surface area contributed by atoms with E-state index in [1.54, 1.807) is 37.4 Å². The second-order valence-corrected chi connectivity index (χ2v) is 4.87. The molecule has 1 aromatic heterocycles. The van der Waals surface area contributed by atoms with Crippen LogP contribution in [-0.4, -0.2) is 23.3 Å². The first-order chi connectivity index (χ1) is 11.2. The van der Waals surface area contributed by atoms with E-state index in [9.17, 15) is 9.59 Å². The molecule has 0 aliphatic heterocycles. The average molecular weight is 310 g/mol. The normalized spacial score (nSPS) is 10.5. The van der Waals surface area contributed by atoms with E-state index in [0.29, 0.717) is 16.5 Å². The van der Waals surface area contributed by atoms with Crippen LogP contribution in [0.3, 0.4) is 0 Å². The quantitative estimate of drug-likeness (QED) is 0.748. The predicted molar refractivity (Wildman–Crippen MR) is 84.5 cm³/mol. The summed E-state index contributed by atoms with van der Waals surface area (Å²) >= 11 is 0. The third-order valence-corrected chi connectivity index (χ3v) is 3.39. The summed E-state index contributed by atoms with van der Waals surface area (Å²) < 4.78 is 10.4. The van der Waals surface area contributed by atoms with Gasteiger partial charge in [-0.15, -0.1) is 0 Å². The Morgan fingerprint density at radius 3 is 2.70 bits per heavy atom. The number of rotatable bonds is 4. The van der Waals surface area contributed by atoms with Crippen molar-refractivity contribution >= 4 is 16.7 Å². The van der Waals surface area contributed by atoms with E-state index in [-0.39, 0.29) is 17.9 Å². The zero-order valence-corrected chi connectivity index (χ0v) is 12.4. The Kier molecular flexibility index (Phi) is 4.05. The van der Waals surface area contributed by atoms with Gasteiger partial charge < -0.3 is 9.47 Å². The molecule has 23 heavy (non-hydrogen) atoms. The summed E-state index contributed by atoms with van der Waals surface area (Å²) in [7, 11) is 1.57. The van der Waals surface area contributed by atoms with Crippen molar-refractivity contribution in [2.45, 2.75) is 6.61 Å². The van der Waals surface area contributed by atoms with Gasteiger partial charge in [0.05, 0.1) is 12.5 Å². The van der Waals surface area contributed by atoms with E-state index < -0.39 is 5.97 Å². The zero-order chi connectivity index (χ0) is 16.2. The third-order valence-electron chi connectivity index (χ3n) is 3.39. The van der Waals surface area contributed by atoms with Gasteiger partial charge in [0.1, 0.15) is 12.4 Å². The molecule has 6 nitrogen and oxygen atoms in total. The van der Waals surface area contributed by atoms with Gasteiger partial charge in [-0.25, -0.2) is 9.89 Å². The van der Waals surface area contributed by atoms with Gasteiger partial charge in [0.2, 0.25) is 0 Å². The fourth-order valence-electron chi connectivity index (χ4n) is 2.25. The van der Waals surface area contributed by atoms with Crippen LogP contribution in [0.25, 0.3) is 10.8 Å². The standard InChI is InChI=1S/C17H14N2O4/c1-22-12-6-4-5-11(9-12)10-23-17(21)15-13-7-2-3-8-14(13)16(20)19-18-15/h2-9H,10H2,1H3,(H,19,20). The van der Waals surface area contributed by atoms with Crippen molar-refractivity contribution < 1.29 is 14.3 Å². The molecule has 0 bridgehead atoms. The Bertz CT molecular complexity index is 918. The molecule has 1 N–H and O–H groups in total. The topological polar surface area (TPSA) is 81.3 Å². The first kappa shape index (κ1) is 14.8. The number of aromatic amines is 1. The van der Waals surface area contributed by atoms with Crippen LogP contribution in [0.1, 0.15) is 16.1 Å². The molecule has 6 heteroatoms. The molecule has 0 aliphatic carbocycles. The summed E-state index contributed by atoms with van der Waals surface area (Å²) in [6.07, 6.45) is 0. The van der Waals surface area contributed by atoms with Crippen molar-refractivity contribution in [3.63, 3.8) is 0 Å². The van der Waals surface area contributed by atoms with E-state index in [2.05, 4.69) is 10.2 Å². The van der Waals surface area contributed by atoms with Gasteiger partial charge in [0.15, 0.2) is 5.69 Å². The van der Waals surface area contributed by atoms with Gasteiger partial charge in [0.25, 0.3) is 5.56 Å². The summed E-state index contributed by atoms with van der Waals surface area (Å²) in [6, 6.07) is 14.0. The van der Waals surface area contributed by atoms with Crippen molar-refractivity contribution in [1.29, 1.82) is 0 Å². The first-order valence-electron chi connectivity index (χ1n) is 6.96. The Labute approximate surface area is 131 Å². The Balaban J connectivity index is 1.84. The monoisotopic (exact) mass is 310 g/mol. The summed E-state index contributed by atoms with van der Waals surface area (Å²) in [4.78, 5) is 24.0. The summed E-state index contributed by atoms with van der Waals surface area (Å²) in [5.41, 5.74) is 0.541. The lowest BCUT2D eigenvalue weighted by atomic mass is 10.1. The molecule has 0 radical (unpaired) electrons. The summed E-state index contributed by atoms with van der Waals surface area (Å²) in [6.45, 7) is 0.0885. The molecule has 0 aliphatic rings. The second-order valence-electron chi connectivity index (χ2n) is 4.87. The fourth-order valence-corrected chi connectivity index (χ4v) is 2.25. The zero-order valence-electron chi connectivity index (χ0n) is 12.4. The summed E-state index contributed by atoms with van der Waals surface area (Å²) in [5, 5.41) is 6.99. The highest BCUT2D eigenvalue weighted by Gasteiger charge is 2.15. The molecular formula is C17H14N2O4. The van der Waals surface area contributed by atoms with Gasteiger partial charge in [-0.2, -0.15) is 5.10 Å². The number of hydrogen-bond donors (Lipinski definition) is 1. The maximum absolute atomic E-state index is 12.3. The van der Waals surface area contributed by atoms with E-state index in [1.807, 2.05) is 18.2 Å². The van der Waals surface area contributed by atoms with Gasteiger partial charge >= 0.3 is 5.97 Å². The number of nitrogens with zero attached hydrogens (tertiary/aromatic N) is 1. The highest BCUT2D eigenvalue weighted by Crippen LogP contribution is 2.16. The molecule has 0 fully saturated rings. The van der Waals surface area contributed by atoms with Gasteiger partial charge in [-0.1, -0.05) is 30.3 Å². The number of esters is 1. The fraction of sp³-hybridized carbons (Fsp3) is 0.118. The lowest BCUT2D eigenvalue weighted by molar-refractivity contribution is 0.0466. The maximum atomic E-state index is 12.3. The Morgan fingerprint density at radius 2 is 1.91 bits per heavy atom. The molecule has 2 aromatic carbocycles. The molecule has 0 spiro atoms. The van der Waals surface area contributed by atoms with Gasteiger partial charge in [-0.3, -0.25) is 4.79 Å². The molecule has 116 valence electrons. The van der Waals surface area contributed by atoms with Crippen LogP contribution >= 0.6 is 0 Å². The van der Waals surface area contributed by atoms with Crippen LogP contribution in [0.2, 0.25) is 0 Å². The molecule has 0 saturated heterocycles. The molecule has 1 heterocycles. The van der Waals surface area contributed by atoms with E-state index in [4.69, 9.17) is 9.47 Å². The Hall–Kier alpha value is -3.15. The minimum atomic E-state index is -0.597. The summed E-state index contributed by atoms with van der Waals surface area (Å²) in [5.74, 6) is 0.0893. The molecule has 0 saturated carbocycles. The predicted octanol–water partition coefficient (Wildman–Crippen LogP) is 2.29. The SMILES string of the molecule is COc1cccc(COC(=O)c2n[nH]c(=O)c3ccccc23)c1. The van der Waals surface area contributed by atoms with Crippen LogP contribution in [0.5, 0.6) is 5.75 Å². The molecule has 0 amide bonds. The first-order valence-corrected chi connectivity index (χ1v) is 6.96. The van der Waals surface area contributed by atoms with Crippen LogP contribution in [0.4, 0.5) is 0 Å². The van der Waals surface area contributed by atoms with Crippen LogP contribution < -0.4 is 10.3 Å². The number of hydrogen-bond acceptors (Lipinski definition) is 5. The molecule has 3 rings (SSSR count). The van der Waals surface area contributed by atoms with Crippen molar-refractivity contribution in [2.75, 3.05) is 7.11 Å². The largest absolute Gasteiger partial charge is 0.497 e. The second kappa shape index (κ2) is 6.31. The highest BCUT2D eigenvalue weighted by molar-refractivity contribution is 6.01. The van der Waals surface area contributed by atoms with Gasteiger partial charge in [-0.05, 0) is 23.8 Å². The Morgan fingerprint density at radius 1 is 1.13 bits per heavy atom. The number of fused-ring (bicyclic) bond motifs is 1. The minimum Gasteiger partial charge on any atom is -0.497 e. The molecule has 0 atom stereocenters. The van der Waals surface area contributed by atoms with Crippen molar-refractivity contribution in [3.8, 4) is 5.75 Å². The van der Waals surface area contributed by atoms with Crippen molar-refractivity contribution in [1.82, 2.24) is 10.2 Å². The third kappa shape index (κ3) is 3.06. The number of nitrogens with one attached hydrogen (secondary N) is 1. The maximum Gasteiger partial charge on any atom is 0.359 e. The minimum absolute atomic E-state index is 0.0862. The number of carbonyl (C=O) groups is 1. The lowest BCUT2D eigenvalue weighted by Crippen LogP contribution is -2.16.